The third kappa shape index (κ3) is 7.32. The number of rotatable bonds is 10. The van der Waals surface area contributed by atoms with Crippen LogP contribution in [0.25, 0.3) is 10.1 Å². The van der Waals surface area contributed by atoms with Crippen molar-refractivity contribution >= 4 is 56.8 Å². The Morgan fingerprint density at radius 2 is 1.81 bits per heavy atom. The smallest absolute Gasteiger partial charge is 0.257 e. The van der Waals surface area contributed by atoms with Gasteiger partial charge < -0.3 is 24.5 Å². The number of carbonyl (C=O) groups is 3. The molecular formula is C36H42ClFN4O5S. The van der Waals surface area contributed by atoms with Crippen molar-refractivity contribution in [3.05, 3.63) is 63.7 Å². The molecule has 0 bridgehead atoms. The Kier molecular flexibility index (Phi) is 10.4. The van der Waals surface area contributed by atoms with Crippen molar-refractivity contribution in [2.75, 3.05) is 57.9 Å². The molecule has 0 unspecified atom stereocenters. The van der Waals surface area contributed by atoms with E-state index in [1.54, 1.807) is 5.38 Å². The quantitative estimate of drug-likeness (QED) is 0.290. The number of aldehydes is 1. The molecule has 0 spiro atoms. The van der Waals surface area contributed by atoms with E-state index >= 15 is 4.39 Å². The van der Waals surface area contributed by atoms with Gasteiger partial charge in [0, 0.05) is 66.2 Å². The van der Waals surface area contributed by atoms with Crippen LogP contribution in [0.15, 0.2) is 41.8 Å². The highest BCUT2D eigenvalue weighted by Crippen LogP contribution is 2.33. The van der Waals surface area contributed by atoms with Crippen LogP contribution < -0.4 is 5.32 Å². The number of thiophene rings is 1. The topological polar surface area (TPSA) is 91.4 Å². The van der Waals surface area contributed by atoms with Crippen LogP contribution in [-0.4, -0.2) is 110 Å². The fourth-order valence-corrected chi connectivity index (χ4v) is 8.82. The molecule has 9 nitrogen and oxygen atoms in total. The van der Waals surface area contributed by atoms with E-state index in [0.29, 0.717) is 24.8 Å². The van der Waals surface area contributed by atoms with Crippen LogP contribution >= 0.6 is 22.9 Å². The highest BCUT2D eigenvalue weighted by Gasteiger charge is 2.44. The van der Waals surface area contributed by atoms with Crippen molar-refractivity contribution in [2.24, 2.45) is 5.92 Å². The summed E-state index contributed by atoms with van der Waals surface area (Å²) in [5.41, 5.74) is 0.851. The molecule has 1 saturated carbocycles. The molecule has 3 aliphatic heterocycles. The molecule has 7 rings (SSSR count). The first-order valence-electron chi connectivity index (χ1n) is 17.0. The molecule has 1 aromatic heterocycles. The minimum atomic E-state index is -0.593. The number of benzene rings is 2. The van der Waals surface area contributed by atoms with Gasteiger partial charge in [0.15, 0.2) is 0 Å². The maximum Gasteiger partial charge on any atom is 0.257 e. The Balaban J connectivity index is 1.01. The van der Waals surface area contributed by atoms with Crippen molar-refractivity contribution < 1.29 is 28.2 Å². The summed E-state index contributed by atoms with van der Waals surface area (Å²) in [4.78, 5) is 45.0. The minimum Gasteiger partial charge on any atom is -0.379 e. The first-order chi connectivity index (χ1) is 23.4. The van der Waals surface area contributed by atoms with Gasteiger partial charge in [0.25, 0.3) is 5.91 Å². The van der Waals surface area contributed by atoms with E-state index in [1.165, 1.54) is 23.5 Å². The zero-order valence-electron chi connectivity index (χ0n) is 27.0. The molecule has 4 fully saturated rings. The monoisotopic (exact) mass is 696 g/mol. The van der Waals surface area contributed by atoms with Crippen LogP contribution in [0.4, 0.5) is 10.1 Å². The predicted molar refractivity (Wildman–Crippen MR) is 184 cm³/mol. The van der Waals surface area contributed by atoms with E-state index in [1.807, 2.05) is 29.2 Å². The van der Waals surface area contributed by atoms with Gasteiger partial charge in [0.2, 0.25) is 5.91 Å². The molecule has 12 heteroatoms. The number of fused-ring (bicyclic) bond motifs is 1. The zero-order valence-corrected chi connectivity index (χ0v) is 28.5. The molecule has 1 N–H and O–H groups in total. The number of nitrogens with zero attached hydrogens (tertiary/aromatic N) is 3. The van der Waals surface area contributed by atoms with E-state index in [2.05, 4.69) is 15.1 Å². The first-order valence-corrected chi connectivity index (χ1v) is 18.3. The minimum absolute atomic E-state index is 0.0815. The largest absolute Gasteiger partial charge is 0.379 e. The molecule has 48 heavy (non-hydrogen) atoms. The Bertz CT molecular complexity index is 1640. The fraction of sp³-hybridized carbons (Fsp3) is 0.528. The number of likely N-dealkylation sites (tertiary alicyclic amines) is 2. The first kappa shape index (κ1) is 33.6. The molecule has 2 atom stereocenters. The second-order valence-corrected chi connectivity index (χ2v) is 14.9. The molecule has 0 radical (unpaired) electrons. The summed E-state index contributed by atoms with van der Waals surface area (Å²) < 4.78 is 28.4. The summed E-state index contributed by atoms with van der Waals surface area (Å²) in [6.07, 6.45) is 5.15. The van der Waals surface area contributed by atoms with Crippen molar-refractivity contribution in [3.8, 4) is 0 Å². The second kappa shape index (κ2) is 14.9. The number of halogens is 2. The third-order valence-corrected chi connectivity index (χ3v) is 11.8. The average molecular weight is 697 g/mol. The van der Waals surface area contributed by atoms with Crippen molar-refractivity contribution in [1.82, 2.24) is 14.7 Å². The summed E-state index contributed by atoms with van der Waals surface area (Å²) in [6, 6.07) is 10.9. The number of hydrogen-bond acceptors (Lipinski definition) is 8. The molecule has 256 valence electrons. The van der Waals surface area contributed by atoms with Crippen molar-refractivity contribution in [2.45, 2.75) is 62.8 Å². The van der Waals surface area contributed by atoms with Crippen LogP contribution in [0, 0.1) is 11.7 Å². The van der Waals surface area contributed by atoms with Crippen LogP contribution in [-0.2, 0) is 25.5 Å². The molecule has 4 aliphatic rings. The van der Waals surface area contributed by atoms with Gasteiger partial charge in [-0.15, -0.1) is 11.3 Å². The second-order valence-electron chi connectivity index (χ2n) is 13.6. The molecule has 3 saturated heterocycles. The lowest BCUT2D eigenvalue weighted by molar-refractivity contribution is -0.133. The van der Waals surface area contributed by atoms with Gasteiger partial charge >= 0.3 is 0 Å². The standard InChI is InChI=1S/C36H42ClFN4O5S/c37-31-13-24(32(38)16-33(31)39-36(45)30-22-48-34-4-2-1-3-29(30)34)14-35(44)42-19-25(41-17-27(18-41)40-9-11-46-12-10-40)15-26(42)21-47-28-7-5-23(20-43)6-8-28/h1-4,13,16,20,22-23,25-28H,5-12,14-15,17-19,21H2,(H,39,45)/t23-,25-,26-,28-/m0/s1. The molecule has 1 aliphatic carbocycles. The van der Waals surface area contributed by atoms with E-state index in [9.17, 15) is 14.4 Å². The van der Waals surface area contributed by atoms with E-state index < -0.39 is 5.82 Å². The lowest BCUT2D eigenvalue weighted by atomic mass is 9.88. The Morgan fingerprint density at radius 3 is 2.58 bits per heavy atom. The molecule has 4 heterocycles. The van der Waals surface area contributed by atoms with Gasteiger partial charge in [0.1, 0.15) is 12.1 Å². The lowest BCUT2D eigenvalue weighted by Gasteiger charge is -2.49. The number of amides is 2. The molecule has 2 aromatic carbocycles. The summed E-state index contributed by atoms with van der Waals surface area (Å²) >= 11 is 8.02. The highest BCUT2D eigenvalue weighted by atomic mass is 35.5. The number of morpholine rings is 1. The average Bonchev–Trinajstić information content (AvgIpc) is 3.71. The van der Waals surface area contributed by atoms with Gasteiger partial charge in [0.05, 0.1) is 54.7 Å². The number of anilines is 1. The summed E-state index contributed by atoms with van der Waals surface area (Å²) in [6.45, 7) is 6.38. The third-order valence-electron chi connectivity index (χ3n) is 10.6. The molecular weight excluding hydrogens is 655 g/mol. The van der Waals surface area contributed by atoms with Crippen molar-refractivity contribution in [3.63, 3.8) is 0 Å². The number of nitrogens with one attached hydrogen (secondary N) is 1. The predicted octanol–water partition coefficient (Wildman–Crippen LogP) is 5.25. The van der Waals surface area contributed by atoms with Crippen LogP contribution in [0.5, 0.6) is 0 Å². The maximum atomic E-state index is 15.5. The maximum absolute atomic E-state index is 15.5. The van der Waals surface area contributed by atoms with Crippen LogP contribution in [0.2, 0.25) is 5.02 Å². The Hall–Kier alpha value is -2.93. The molecule has 3 aromatic rings. The van der Waals surface area contributed by atoms with Crippen LogP contribution in [0.1, 0.15) is 48.0 Å². The number of ether oxygens (including phenoxy) is 2. The van der Waals surface area contributed by atoms with Gasteiger partial charge in [-0.3, -0.25) is 19.4 Å². The van der Waals surface area contributed by atoms with Gasteiger partial charge in [-0.1, -0.05) is 29.8 Å². The van der Waals surface area contributed by atoms with Gasteiger partial charge in [-0.05, 0) is 55.9 Å². The lowest BCUT2D eigenvalue weighted by Crippen LogP contribution is -2.64. The van der Waals surface area contributed by atoms with Gasteiger partial charge in [-0.2, -0.15) is 0 Å². The fourth-order valence-electron chi connectivity index (χ4n) is 7.65. The van der Waals surface area contributed by atoms with Crippen LogP contribution in [0.3, 0.4) is 0 Å². The number of carbonyl (C=O) groups excluding carboxylic acids is 3. The SMILES string of the molecule is O=C[C@H]1CC[C@H](OC[C@@H]2C[C@H](N3CC(N4CCOCC4)C3)CN2C(=O)Cc2cc(Cl)c(NC(=O)c3csc4ccccc34)cc2F)CC1. The zero-order chi connectivity index (χ0) is 33.2. The van der Waals surface area contributed by atoms with E-state index in [0.717, 1.165) is 87.9 Å². The highest BCUT2D eigenvalue weighted by molar-refractivity contribution is 7.17. The van der Waals surface area contributed by atoms with Gasteiger partial charge in [-0.25, -0.2) is 4.39 Å². The van der Waals surface area contributed by atoms with Crippen molar-refractivity contribution in [1.29, 1.82) is 0 Å². The van der Waals surface area contributed by atoms with E-state index in [-0.39, 0.29) is 58.6 Å². The Morgan fingerprint density at radius 1 is 1.04 bits per heavy atom. The number of hydrogen-bond donors (Lipinski definition) is 1. The summed E-state index contributed by atoms with van der Waals surface area (Å²) in [5.74, 6) is -1.02. The molecule has 2 amide bonds. The van der Waals surface area contributed by atoms with E-state index in [4.69, 9.17) is 21.1 Å². The normalized spacial score (nSPS) is 25.7. The summed E-state index contributed by atoms with van der Waals surface area (Å²) in [5, 5.41) is 5.52. The summed E-state index contributed by atoms with van der Waals surface area (Å²) in [7, 11) is 0. The Labute approximate surface area is 289 Å².